The second-order valence-electron chi connectivity index (χ2n) is 8.19. The molecular formula is C26H29N5O2. The van der Waals surface area contributed by atoms with E-state index >= 15 is 0 Å². The maximum Gasteiger partial charge on any atom is 0.322 e. The van der Waals surface area contributed by atoms with Crippen LogP contribution in [-0.2, 0) is 24.9 Å². The number of anilines is 1. The number of nitriles is 1. The van der Waals surface area contributed by atoms with Crippen LogP contribution in [0.3, 0.4) is 0 Å². The third-order valence-corrected chi connectivity index (χ3v) is 5.41. The number of aromatic nitrogens is 1. The van der Waals surface area contributed by atoms with Gasteiger partial charge in [-0.15, -0.1) is 0 Å². The molecule has 33 heavy (non-hydrogen) atoms. The molecule has 0 saturated carbocycles. The molecule has 0 bridgehead atoms. The van der Waals surface area contributed by atoms with E-state index in [0.717, 1.165) is 11.3 Å². The molecule has 0 spiro atoms. The lowest BCUT2D eigenvalue weighted by atomic mass is 10.2. The molecular weight excluding hydrogens is 414 g/mol. The summed E-state index contributed by atoms with van der Waals surface area (Å²) in [5.74, 6) is -0.144. The molecule has 0 aliphatic carbocycles. The molecule has 3 rings (SSSR count). The second kappa shape index (κ2) is 11.0. The fourth-order valence-electron chi connectivity index (χ4n) is 3.49. The number of carbonyl (C=O) groups is 2. The van der Waals surface area contributed by atoms with E-state index in [2.05, 4.69) is 11.4 Å². The van der Waals surface area contributed by atoms with Crippen molar-refractivity contribution >= 4 is 17.6 Å². The largest absolute Gasteiger partial charge is 0.353 e. The number of nitrogens with one attached hydrogen (secondary N) is 1. The Morgan fingerprint density at radius 3 is 2.42 bits per heavy atom. The first kappa shape index (κ1) is 23.6. The van der Waals surface area contributed by atoms with Gasteiger partial charge in [0, 0.05) is 37.2 Å². The Kier molecular flexibility index (Phi) is 7.87. The summed E-state index contributed by atoms with van der Waals surface area (Å²) in [5.41, 5.74) is 3.00. The second-order valence-corrected chi connectivity index (χ2v) is 8.19. The summed E-state index contributed by atoms with van der Waals surface area (Å²) >= 11 is 0. The Morgan fingerprint density at radius 1 is 1.03 bits per heavy atom. The quantitative estimate of drug-likeness (QED) is 0.561. The third-order valence-electron chi connectivity index (χ3n) is 5.41. The summed E-state index contributed by atoms with van der Waals surface area (Å²) in [7, 11) is 1.95. The molecule has 3 amide bonds. The minimum atomic E-state index is -0.382. The zero-order chi connectivity index (χ0) is 23.8. The van der Waals surface area contributed by atoms with Crippen molar-refractivity contribution in [3.63, 3.8) is 0 Å². The standard InChI is InChI=1S/C26H29N5O2/c1-20(2)31(26(33)28-23-12-7-11-22(15-23)16-27)19-25(32)30(17-21-9-5-4-6-10-21)18-24-13-8-14-29(24)3/h4-15,20H,17-19H2,1-3H3,(H,28,33). The molecule has 1 heterocycles. The number of aryl methyl sites for hydroxylation is 1. The molecule has 0 aliphatic rings. The van der Waals surface area contributed by atoms with Crippen molar-refractivity contribution < 1.29 is 9.59 Å². The number of urea groups is 1. The number of benzene rings is 2. The van der Waals surface area contributed by atoms with Crippen molar-refractivity contribution in [3.05, 3.63) is 89.7 Å². The summed E-state index contributed by atoms with van der Waals surface area (Å²) in [6.45, 7) is 4.57. The molecule has 3 aromatic rings. The highest BCUT2D eigenvalue weighted by molar-refractivity contribution is 5.92. The lowest BCUT2D eigenvalue weighted by Crippen LogP contribution is -2.47. The molecule has 0 aliphatic heterocycles. The van der Waals surface area contributed by atoms with Crippen LogP contribution in [0.5, 0.6) is 0 Å². The fraction of sp³-hybridized carbons (Fsp3) is 0.269. The van der Waals surface area contributed by atoms with Gasteiger partial charge in [0.25, 0.3) is 0 Å². The van der Waals surface area contributed by atoms with Gasteiger partial charge in [-0.25, -0.2) is 4.79 Å². The van der Waals surface area contributed by atoms with Crippen molar-refractivity contribution in [1.29, 1.82) is 5.26 Å². The van der Waals surface area contributed by atoms with Gasteiger partial charge < -0.3 is 19.7 Å². The number of nitrogens with zero attached hydrogens (tertiary/aromatic N) is 4. The van der Waals surface area contributed by atoms with Gasteiger partial charge in [-0.1, -0.05) is 36.4 Å². The normalized spacial score (nSPS) is 10.5. The Labute approximate surface area is 194 Å². The predicted molar refractivity (Wildman–Crippen MR) is 128 cm³/mol. The van der Waals surface area contributed by atoms with E-state index in [1.807, 2.05) is 74.1 Å². The van der Waals surface area contributed by atoms with Crippen LogP contribution in [0.15, 0.2) is 72.9 Å². The average Bonchev–Trinajstić information content (AvgIpc) is 3.21. The van der Waals surface area contributed by atoms with Gasteiger partial charge in [0.2, 0.25) is 5.91 Å². The number of hydrogen-bond acceptors (Lipinski definition) is 3. The molecule has 0 atom stereocenters. The molecule has 0 fully saturated rings. The zero-order valence-corrected chi connectivity index (χ0v) is 19.2. The molecule has 7 heteroatoms. The Hall–Kier alpha value is -4.05. The molecule has 0 unspecified atom stereocenters. The molecule has 7 nitrogen and oxygen atoms in total. The fourth-order valence-corrected chi connectivity index (χ4v) is 3.49. The minimum absolute atomic E-state index is 0.0568. The SMILES string of the molecule is CC(C)N(CC(=O)N(Cc1ccccc1)Cc1cccn1C)C(=O)Nc1cccc(C#N)c1. The first-order valence-corrected chi connectivity index (χ1v) is 10.9. The van der Waals surface area contributed by atoms with Crippen LogP contribution in [0.4, 0.5) is 10.5 Å². The minimum Gasteiger partial charge on any atom is -0.353 e. The topological polar surface area (TPSA) is 81.4 Å². The van der Waals surface area contributed by atoms with E-state index in [-0.39, 0.29) is 24.5 Å². The summed E-state index contributed by atoms with van der Waals surface area (Å²) in [6, 6.07) is 21.9. The first-order chi connectivity index (χ1) is 15.9. The van der Waals surface area contributed by atoms with Crippen LogP contribution >= 0.6 is 0 Å². The summed E-state index contributed by atoms with van der Waals surface area (Å²) in [5, 5.41) is 11.9. The molecule has 1 aromatic heterocycles. The lowest BCUT2D eigenvalue weighted by Gasteiger charge is -2.30. The van der Waals surface area contributed by atoms with Gasteiger partial charge in [0.1, 0.15) is 6.54 Å². The number of amides is 3. The third kappa shape index (κ3) is 6.47. The van der Waals surface area contributed by atoms with Gasteiger partial charge in [-0.3, -0.25) is 4.79 Å². The Balaban J connectivity index is 1.77. The molecule has 0 saturated heterocycles. The molecule has 170 valence electrons. The van der Waals surface area contributed by atoms with Crippen molar-refractivity contribution in [2.45, 2.75) is 33.0 Å². The van der Waals surface area contributed by atoms with E-state index < -0.39 is 0 Å². The summed E-state index contributed by atoms with van der Waals surface area (Å²) < 4.78 is 1.99. The van der Waals surface area contributed by atoms with Crippen molar-refractivity contribution in [2.75, 3.05) is 11.9 Å². The maximum atomic E-state index is 13.4. The van der Waals surface area contributed by atoms with Gasteiger partial charge in [-0.2, -0.15) is 5.26 Å². The van der Waals surface area contributed by atoms with E-state index in [4.69, 9.17) is 5.26 Å². The molecule has 0 radical (unpaired) electrons. The summed E-state index contributed by atoms with van der Waals surface area (Å²) in [4.78, 5) is 29.7. The zero-order valence-electron chi connectivity index (χ0n) is 19.2. The van der Waals surface area contributed by atoms with E-state index in [9.17, 15) is 9.59 Å². The van der Waals surface area contributed by atoms with Crippen LogP contribution in [0, 0.1) is 11.3 Å². The van der Waals surface area contributed by atoms with Crippen molar-refractivity contribution in [1.82, 2.24) is 14.4 Å². The van der Waals surface area contributed by atoms with Crippen molar-refractivity contribution in [2.24, 2.45) is 7.05 Å². The molecule has 2 aromatic carbocycles. The van der Waals surface area contributed by atoms with Gasteiger partial charge in [0.15, 0.2) is 0 Å². The lowest BCUT2D eigenvalue weighted by molar-refractivity contribution is -0.133. The smallest absolute Gasteiger partial charge is 0.322 e. The maximum absolute atomic E-state index is 13.4. The molecule has 1 N–H and O–H groups in total. The Morgan fingerprint density at radius 2 is 1.79 bits per heavy atom. The average molecular weight is 444 g/mol. The highest BCUT2D eigenvalue weighted by atomic mass is 16.2. The van der Waals surface area contributed by atoms with Gasteiger partial charge in [-0.05, 0) is 49.7 Å². The van der Waals surface area contributed by atoms with Crippen LogP contribution in [0.25, 0.3) is 0 Å². The van der Waals surface area contributed by atoms with E-state index in [0.29, 0.717) is 24.3 Å². The number of hydrogen-bond donors (Lipinski definition) is 1. The number of carbonyl (C=O) groups excluding carboxylic acids is 2. The van der Waals surface area contributed by atoms with Gasteiger partial charge >= 0.3 is 6.03 Å². The summed E-state index contributed by atoms with van der Waals surface area (Å²) in [6.07, 6.45) is 1.95. The monoisotopic (exact) mass is 443 g/mol. The van der Waals surface area contributed by atoms with Gasteiger partial charge in [0.05, 0.1) is 18.2 Å². The van der Waals surface area contributed by atoms with Crippen LogP contribution < -0.4 is 5.32 Å². The van der Waals surface area contributed by atoms with E-state index in [1.165, 1.54) is 4.90 Å². The van der Waals surface area contributed by atoms with E-state index in [1.54, 1.807) is 29.2 Å². The Bertz CT molecular complexity index is 1130. The highest BCUT2D eigenvalue weighted by Gasteiger charge is 2.24. The first-order valence-electron chi connectivity index (χ1n) is 10.9. The van der Waals surface area contributed by atoms with Crippen LogP contribution in [0.1, 0.15) is 30.7 Å². The predicted octanol–water partition coefficient (Wildman–Crippen LogP) is 4.37. The highest BCUT2D eigenvalue weighted by Crippen LogP contribution is 2.15. The van der Waals surface area contributed by atoms with Crippen LogP contribution in [0.2, 0.25) is 0 Å². The van der Waals surface area contributed by atoms with Crippen LogP contribution in [-0.4, -0.2) is 38.9 Å². The van der Waals surface area contributed by atoms with Crippen molar-refractivity contribution in [3.8, 4) is 6.07 Å². The number of rotatable bonds is 8.